The number of fused-ring (bicyclic) bond motifs is 3. The molecule has 0 spiro atoms. The zero-order valence-electron chi connectivity index (χ0n) is 25.4. The summed E-state index contributed by atoms with van der Waals surface area (Å²) in [5, 5.41) is 4.57. The van der Waals surface area contributed by atoms with Gasteiger partial charge in [-0.05, 0) is 53.6 Å². The largest absolute Gasteiger partial charge is 0.379 e. The number of rotatable bonds is 9. The highest BCUT2D eigenvalue weighted by Crippen LogP contribution is 2.41. The number of aromatic nitrogens is 2. The van der Waals surface area contributed by atoms with E-state index in [0.717, 1.165) is 77.5 Å². The molecule has 238 valence electrons. The molecule has 1 amide bonds. The first-order valence-electron chi connectivity index (χ1n) is 15.3. The minimum Gasteiger partial charge on any atom is -0.379 e. The third kappa shape index (κ3) is 6.33. The molecule has 2 aromatic heterocycles. The number of carbonyl (C=O) groups is 1. The summed E-state index contributed by atoms with van der Waals surface area (Å²) < 4.78 is 48.5. The number of carbonyl (C=O) groups excluding carboxylic acids is 1. The van der Waals surface area contributed by atoms with E-state index >= 15 is 0 Å². The number of nitrogens with one attached hydrogen (secondary N) is 3. The lowest BCUT2D eigenvalue weighted by Crippen LogP contribution is -2.41. The monoisotopic (exact) mass is 649 g/mol. The maximum absolute atomic E-state index is 14.4. The molecule has 11 heteroatoms. The quantitative estimate of drug-likeness (QED) is 0.176. The molecule has 7 rings (SSSR count). The lowest BCUT2D eigenvalue weighted by molar-refractivity contribution is 0.0383. The van der Waals surface area contributed by atoms with Crippen LogP contribution in [0.5, 0.6) is 0 Å². The van der Waals surface area contributed by atoms with E-state index in [-0.39, 0.29) is 11.6 Å². The standard InChI is InChI=1S/C36H32FN5O4S/c37-30-8-4-5-9-32(30)47(44,45)41-27-14-15-31-28(22-27)34-33(25-6-2-1-3-7-25)29(23-39-35(34)40-31)24-10-12-26(13-11-24)36(43)38-16-17-42-18-20-46-21-19-42/h1-15,22-23,41H,16-21H2,(H,38,43)(H,39,40). The van der Waals surface area contributed by atoms with Crippen molar-refractivity contribution in [3.8, 4) is 22.3 Å². The lowest BCUT2D eigenvalue weighted by Gasteiger charge is -2.26. The van der Waals surface area contributed by atoms with Crippen LogP contribution in [0.15, 0.2) is 108 Å². The van der Waals surface area contributed by atoms with Crippen molar-refractivity contribution in [2.24, 2.45) is 0 Å². The predicted octanol–water partition coefficient (Wildman–Crippen LogP) is 6.05. The second kappa shape index (κ2) is 13.0. The lowest BCUT2D eigenvalue weighted by atomic mass is 9.92. The summed E-state index contributed by atoms with van der Waals surface area (Å²) in [5.74, 6) is -0.964. The first-order valence-corrected chi connectivity index (χ1v) is 16.8. The van der Waals surface area contributed by atoms with Crippen molar-refractivity contribution in [2.45, 2.75) is 4.90 Å². The van der Waals surface area contributed by atoms with Gasteiger partial charge in [0.15, 0.2) is 0 Å². The van der Waals surface area contributed by atoms with Crippen LogP contribution in [0.25, 0.3) is 44.2 Å². The fraction of sp³-hybridized carbons (Fsp3) is 0.167. The molecule has 0 unspecified atom stereocenters. The van der Waals surface area contributed by atoms with Gasteiger partial charge in [-0.3, -0.25) is 14.4 Å². The summed E-state index contributed by atoms with van der Waals surface area (Å²) in [5.41, 5.74) is 5.81. The van der Waals surface area contributed by atoms with Gasteiger partial charge in [0.05, 0.1) is 13.2 Å². The average molecular weight is 650 g/mol. The number of ether oxygens (including phenoxy) is 1. The normalized spacial score (nSPS) is 14.0. The first kappa shape index (κ1) is 30.5. The molecular weight excluding hydrogens is 617 g/mol. The number of hydrogen-bond donors (Lipinski definition) is 3. The Kier molecular flexibility index (Phi) is 8.42. The van der Waals surface area contributed by atoms with Crippen LogP contribution in [0, 0.1) is 5.82 Å². The van der Waals surface area contributed by atoms with Crippen molar-refractivity contribution in [3.05, 3.63) is 115 Å². The van der Waals surface area contributed by atoms with Gasteiger partial charge in [0.1, 0.15) is 16.4 Å². The van der Waals surface area contributed by atoms with Crippen LogP contribution < -0.4 is 10.0 Å². The number of sulfonamides is 1. The van der Waals surface area contributed by atoms with Crippen molar-refractivity contribution < 1.29 is 22.3 Å². The summed E-state index contributed by atoms with van der Waals surface area (Å²) in [6, 6.07) is 27.7. The summed E-state index contributed by atoms with van der Waals surface area (Å²) in [6.45, 7) is 4.50. The van der Waals surface area contributed by atoms with Crippen LogP contribution in [0.3, 0.4) is 0 Å². The zero-order chi connectivity index (χ0) is 32.4. The number of amides is 1. The van der Waals surface area contributed by atoms with Gasteiger partial charge in [0, 0.05) is 71.0 Å². The van der Waals surface area contributed by atoms with E-state index in [1.807, 2.05) is 54.6 Å². The van der Waals surface area contributed by atoms with Gasteiger partial charge in [0.2, 0.25) is 0 Å². The van der Waals surface area contributed by atoms with Crippen LogP contribution in [-0.2, 0) is 14.8 Å². The molecule has 0 radical (unpaired) electrons. The highest BCUT2D eigenvalue weighted by molar-refractivity contribution is 7.92. The van der Waals surface area contributed by atoms with E-state index in [9.17, 15) is 17.6 Å². The van der Waals surface area contributed by atoms with E-state index < -0.39 is 20.7 Å². The second-order valence-electron chi connectivity index (χ2n) is 11.3. The minimum atomic E-state index is -4.18. The molecule has 1 fully saturated rings. The number of nitrogens with zero attached hydrogens (tertiary/aromatic N) is 2. The van der Waals surface area contributed by atoms with E-state index in [4.69, 9.17) is 9.72 Å². The number of anilines is 1. The Balaban J connectivity index is 1.24. The molecular formula is C36H32FN5O4S. The Bertz CT molecular complexity index is 2180. The van der Waals surface area contributed by atoms with Crippen molar-refractivity contribution in [3.63, 3.8) is 0 Å². The highest BCUT2D eigenvalue weighted by Gasteiger charge is 2.21. The molecule has 6 aromatic rings. The maximum atomic E-state index is 14.4. The molecule has 3 N–H and O–H groups in total. The van der Waals surface area contributed by atoms with Crippen LogP contribution >= 0.6 is 0 Å². The maximum Gasteiger partial charge on any atom is 0.264 e. The van der Waals surface area contributed by atoms with E-state index in [1.54, 1.807) is 24.4 Å². The van der Waals surface area contributed by atoms with Gasteiger partial charge >= 0.3 is 0 Å². The second-order valence-corrected chi connectivity index (χ2v) is 13.0. The van der Waals surface area contributed by atoms with E-state index in [2.05, 4.69) is 19.9 Å². The topological polar surface area (TPSA) is 116 Å². The molecule has 4 aromatic carbocycles. The number of benzene rings is 4. The zero-order valence-corrected chi connectivity index (χ0v) is 26.2. The van der Waals surface area contributed by atoms with Crippen molar-refractivity contribution in [1.29, 1.82) is 0 Å². The Morgan fingerprint density at radius 1 is 0.915 bits per heavy atom. The van der Waals surface area contributed by atoms with Gasteiger partial charge in [-0.1, -0.05) is 54.6 Å². The molecule has 0 saturated carbocycles. The third-order valence-electron chi connectivity index (χ3n) is 8.34. The van der Waals surface area contributed by atoms with Crippen LogP contribution in [-0.4, -0.2) is 68.6 Å². The minimum absolute atomic E-state index is 0.135. The molecule has 0 aliphatic carbocycles. The molecule has 1 saturated heterocycles. The summed E-state index contributed by atoms with van der Waals surface area (Å²) >= 11 is 0. The number of morpholine rings is 1. The Hall–Kier alpha value is -5.10. The van der Waals surface area contributed by atoms with Crippen LogP contribution in [0.2, 0.25) is 0 Å². The summed E-state index contributed by atoms with van der Waals surface area (Å²) in [7, 11) is -4.18. The Morgan fingerprint density at radius 3 is 2.43 bits per heavy atom. The van der Waals surface area contributed by atoms with Crippen molar-refractivity contribution >= 4 is 43.6 Å². The van der Waals surface area contributed by atoms with Gasteiger partial charge in [0.25, 0.3) is 15.9 Å². The van der Waals surface area contributed by atoms with Crippen LogP contribution in [0.1, 0.15) is 10.4 Å². The Labute approximate surface area is 271 Å². The number of halogens is 1. The fourth-order valence-electron chi connectivity index (χ4n) is 5.97. The third-order valence-corrected chi connectivity index (χ3v) is 9.75. The molecule has 47 heavy (non-hydrogen) atoms. The Morgan fingerprint density at radius 2 is 1.66 bits per heavy atom. The van der Waals surface area contributed by atoms with Gasteiger partial charge in [-0.2, -0.15) is 0 Å². The van der Waals surface area contributed by atoms with Gasteiger partial charge in [-0.15, -0.1) is 0 Å². The van der Waals surface area contributed by atoms with Gasteiger partial charge in [-0.25, -0.2) is 17.8 Å². The predicted molar refractivity (Wildman–Crippen MR) is 181 cm³/mol. The van der Waals surface area contributed by atoms with E-state index in [1.165, 1.54) is 18.2 Å². The molecule has 3 heterocycles. The van der Waals surface area contributed by atoms with Gasteiger partial charge < -0.3 is 15.0 Å². The smallest absolute Gasteiger partial charge is 0.264 e. The summed E-state index contributed by atoms with van der Waals surface area (Å²) in [4.78, 5) is 22.9. The number of aromatic amines is 1. The first-order chi connectivity index (χ1) is 22.9. The number of hydrogen-bond acceptors (Lipinski definition) is 6. The molecule has 0 bridgehead atoms. The molecule has 9 nitrogen and oxygen atoms in total. The molecule has 1 aliphatic heterocycles. The fourth-order valence-corrected chi connectivity index (χ4v) is 7.10. The average Bonchev–Trinajstić information content (AvgIpc) is 3.46. The van der Waals surface area contributed by atoms with E-state index in [0.29, 0.717) is 17.8 Å². The van der Waals surface area contributed by atoms with Crippen LogP contribution in [0.4, 0.5) is 10.1 Å². The SMILES string of the molecule is O=C(NCCN1CCOCC1)c1ccc(-c2cnc3[nH]c4ccc(NS(=O)(=O)c5ccccc5F)cc4c3c2-c2ccccc2)cc1. The van der Waals surface area contributed by atoms with Crippen molar-refractivity contribution in [1.82, 2.24) is 20.2 Å². The molecule has 1 aliphatic rings. The number of pyridine rings is 1. The highest BCUT2D eigenvalue weighted by atomic mass is 32.2. The van der Waals surface area contributed by atoms with Crippen molar-refractivity contribution in [2.75, 3.05) is 44.1 Å². The summed E-state index contributed by atoms with van der Waals surface area (Å²) in [6.07, 6.45) is 1.80. The molecule has 0 atom stereocenters. The number of H-pyrrole nitrogens is 1.